The third-order valence-electron chi connectivity index (χ3n) is 3.39. The van der Waals surface area contributed by atoms with Crippen molar-refractivity contribution in [2.75, 3.05) is 12.3 Å². The van der Waals surface area contributed by atoms with Gasteiger partial charge < -0.3 is 5.32 Å². The smallest absolute Gasteiger partial charge is 0.0205 e. The van der Waals surface area contributed by atoms with Crippen LogP contribution in [0.4, 0.5) is 0 Å². The Labute approximate surface area is 109 Å². The van der Waals surface area contributed by atoms with Crippen LogP contribution in [0.15, 0.2) is 29.2 Å². The second-order valence-corrected chi connectivity index (χ2v) is 6.02. The average Bonchev–Trinajstić information content (AvgIpc) is 2.29. The Bertz CT molecular complexity index is 316. The molecular formula is C15H23NS. The summed E-state index contributed by atoms with van der Waals surface area (Å²) >= 11 is 2.02. The van der Waals surface area contributed by atoms with Gasteiger partial charge in [0.05, 0.1) is 0 Å². The summed E-state index contributed by atoms with van der Waals surface area (Å²) in [7, 11) is 0. The summed E-state index contributed by atoms with van der Waals surface area (Å²) in [5, 5.41) is 3.43. The van der Waals surface area contributed by atoms with E-state index in [2.05, 4.69) is 36.5 Å². The molecule has 1 N–H and O–H groups in total. The van der Waals surface area contributed by atoms with Gasteiger partial charge in [0.15, 0.2) is 0 Å². The van der Waals surface area contributed by atoms with E-state index >= 15 is 0 Å². The SMILES string of the molecule is CCCNCc1ccc(SCC2CCC2)cc1. The summed E-state index contributed by atoms with van der Waals surface area (Å²) in [4.78, 5) is 1.43. The number of thioether (sulfide) groups is 1. The van der Waals surface area contributed by atoms with Crippen molar-refractivity contribution in [3.63, 3.8) is 0 Å². The van der Waals surface area contributed by atoms with E-state index in [1.807, 2.05) is 11.8 Å². The van der Waals surface area contributed by atoms with Crippen LogP contribution >= 0.6 is 11.8 Å². The summed E-state index contributed by atoms with van der Waals surface area (Å²) in [6, 6.07) is 9.05. The zero-order valence-corrected chi connectivity index (χ0v) is 11.6. The predicted molar refractivity (Wildman–Crippen MR) is 76.5 cm³/mol. The van der Waals surface area contributed by atoms with E-state index in [4.69, 9.17) is 0 Å². The molecule has 0 aromatic heterocycles. The third-order valence-corrected chi connectivity index (χ3v) is 4.63. The van der Waals surface area contributed by atoms with E-state index in [1.54, 1.807) is 0 Å². The highest BCUT2D eigenvalue weighted by molar-refractivity contribution is 7.99. The normalized spacial score (nSPS) is 15.8. The monoisotopic (exact) mass is 249 g/mol. The van der Waals surface area contributed by atoms with Crippen molar-refractivity contribution >= 4 is 11.8 Å². The first kappa shape index (κ1) is 13.0. The van der Waals surface area contributed by atoms with E-state index in [9.17, 15) is 0 Å². The second-order valence-electron chi connectivity index (χ2n) is 4.93. The van der Waals surface area contributed by atoms with Crippen molar-refractivity contribution < 1.29 is 0 Å². The molecular weight excluding hydrogens is 226 g/mol. The molecule has 0 amide bonds. The number of hydrogen-bond acceptors (Lipinski definition) is 2. The molecule has 1 aromatic rings. The van der Waals surface area contributed by atoms with E-state index in [-0.39, 0.29) is 0 Å². The average molecular weight is 249 g/mol. The molecule has 0 bridgehead atoms. The Morgan fingerprint density at radius 2 is 2.00 bits per heavy atom. The van der Waals surface area contributed by atoms with Crippen molar-refractivity contribution in [1.82, 2.24) is 5.32 Å². The lowest BCUT2D eigenvalue weighted by Crippen LogP contribution is -2.13. The van der Waals surface area contributed by atoms with Gasteiger partial charge in [-0.25, -0.2) is 0 Å². The Kier molecular flexibility index (Phi) is 5.40. The Morgan fingerprint density at radius 1 is 1.24 bits per heavy atom. The van der Waals surface area contributed by atoms with Gasteiger partial charge in [-0.05, 0) is 49.4 Å². The van der Waals surface area contributed by atoms with Crippen LogP contribution in [-0.4, -0.2) is 12.3 Å². The molecule has 0 spiro atoms. The molecule has 0 atom stereocenters. The number of rotatable bonds is 7. The molecule has 1 aliphatic rings. The molecule has 0 heterocycles. The van der Waals surface area contributed by atoms with Crippen LogP contribution in [0, 0.1) is 5.92 Å². The van der Waals surface area contributed by atoms with Crippen molar-refractivity contribution in [3.8, 4) is 0 Å². The van der Waals surface area contributed by atoms with E-state index < -0.39 is 0 Å². The molecule has 1 nitrogen and oxygen atoms in total. The highest BCUT2D eigenvalue weighted by Gasteiger charge is 2.16. The lowest BCUT2D eigenvalue weighted by Gasteiger charge is -2.24. The van der Waals surface area contributed by atoms with Crippen molar-refractivity contribution in [1.29, 1.82) is 0 Å². The Morgan fingerprint density at radius 3 is 2.59 bits per heavy atom. The largest absolute Gasteiger partial charge is 0.313 e. The van der Waals surface area contributed by atoms with Crippen molar-refractivity contribution in [2.45, 2.75) is 44.0 Å². The van der Waals surface area contributed by atoms with Gasteiger partial charge in [-0.15, -0.1) is 11.8 Å². The molecule has 1 aliphatic carbocycles. The highest BCUT2D eigenvalue weighted by Crippen LogP contribution is 2.32. The van der Waals surface area contributed by atoms with Gasteiger partial charge in [0, 0.05) is 17.2 Å². The molecule has 1 aromatic carbocycles. The van der Waals surface area contributed by atoms with E-state index in [1.165, 1.54) is 41.9 Å². The van der Waals surface area contributed by atoms with E-state index in [0.717, 1.165) is 19.0 Å². The standard InChI is InChI=1S/C15H23NS/c1-2-10-16-11-13-6-8-15(9-7-13)17-12-14-4-3-5-14/h6-9,14,16H,2-5,10-12H2,1H3. The molecule has 17 heavy (non-hydrogen) atoms. The van der Waals surface area contributed by atoms with Crippen molar-refractivity contribution in [2.24, 2.45) is 5.92 Å². The maximum absolute atomic E-state index is 3.43. The molecule has 0 saturated heterocycles. The highest BCUT2D eigenvalue weighted by atomic mass is 32.2. The fourth-order valence-corrected chi connectivity index (χ4v) is 3.08. The molecule has 0 unspecified atom stereocenters. The maximum atomic E-state index is 3.43. The second kappa shape index (κ2) is 7.07. The van der Waals surface area contributed by atoms with Gasteiger partial charge in [0.2, 0.25) is 0 Å². The van der Waals surface area contributed by atoms with Gasteiger partial charge in [0.1, 0.15) is 0 Å². The lowest BCUT2D eigenvalue weighted by molar-refractivity contribution is 0.353. The van der Waals surface area contributed by atoms with Crippen LogP contribution in [-0.2, 0) is 6.54 Å². The summed E-state index contributed by atoms with van der Waals surface area (Å²) in [5.41, 5.74) is 1.39. The fraction of sp³-hybridized carbons (Fsp3) is 0.600. The van der Waals surface area contributed by atoms with Crippen LogP contribution in [0.3, 0.4) is 0 Å². The van der Waals surface area contributed by atoms with E-state index in [0.29, 0.717) is 0 Å². The first-order chi connectivity index (χ1) is 8.38. The van der Waals surface area contributed by atoms with Crippen LogP contribution in [0.25, 0.3) is 0 Å². The molecule has 1 saturated carbocycles. The summed E-state index contributed by atoms with van der Waals surface area (Å²) in [5.74, 6) is 2.30. The third kappa shape index (κ3) is 4.36. The maximum Gasteiger partial charge on any atom is 0.0205 e. The first-order valence-electron chi connectivity index (χ1n) is 6.81. The fourth-order valence-electron chi connectivity index (χ4n) is 1.99. The molecule has 94 valence electrons. The van der Waals surface area contributed by atoms with Gasteiger partial charge in [-0.1, -0.05) is 25.5 Å². The zero-order chi connectivity index (χ0) is 11.9. The summed E-state index contributed by atoms with van der Waals surface area (Å²) < 4.78 is 0. The number of benzene rings is 1. The van der Waals surface area contributed by atoms with Crippen LogP contribution < -0.4 is 5.32 Å². The zero-order valence-electron chi connectivity index (χ0n) is 10.7. The minimum Gasteiger partial charge on any atom is -0.313 e. The summed E-state index contributed by atoms with van der Waals surface area (Å²) in [6.07, 6.45) is 5.56. The van der Waals surface area contributed by atoms with Crippen molar-refractivity contribution in [3.05, 3.63) is 29.8 Å². The molecule has 0 aliphatic heterocycles. The van der Waals surface area contributed by atoms with Crippen LogP contribution in [0.2, 0.25) is 0 Å². The minimum atomic E-state index is 0.992. The number of nitrogens with one attached hydrogen (secondary N) is 1. The summed E-state index contributed by atoms with van der Waals surface area (Å²) in [6.45, 7) is 4.31. The first-order valence-corrected chi connectivity index (χ1v) is 7.79. The van der Waals surface area contributed by atoms with Gasteiger partial charge in [0.25, 0.3) is 0 Å². The Hall–Kier alpha value is -0.470. The van der Waals surface area contributed by atoms with Crippen LogP contribution in [0.1, 0.15) is 38.2 Å². The molecule has 2 heteroatoms. The van der Waals surface area contributed by atoms with Gasteiger partial charge in [-0.3, -0.25) is 0 Å². The lowest BCUT2D eigenvalue weighted by atomic mass is 9.87. The molecule has 2 rings (SSSR count). The molecule has 1 fully saturated rings. The topological polar surface area (TPSA) is 12.0 Å². The van der Waals surface area contributed by atoms with Crippen LogP contribution in [0.5, 0.6) is 0 Å². The predicted octanol–water partition coefficient (Wildman–Crippen LogP) is 4.08. The quantitative estimate of drug-likeness (QED) is 0.577. The van der Waals surface area contributed by atoms with Gasteiger partial charge in [-0.2, -0.15) is 0 Å². The molecule has 0 radical (unpaired) electrons. The van der Waals surface area contributed by atoms with Gasteiger partial charge >= 0.3 is 0 Å². The number of hydrogen-bond donors (Lipinski definition) is 1. The Balaban J connectivity index is 1.72. The minimum absolute atomic E-state index is 0.992.